The van der Waals surface area contributed by atoms with Crippen LogP contribution in [-0.2, 0) is 0 Å². The molecule has 0 aliphatic rings. The molecule has 0 bridgehead atoms. The number of rotatable bonds is 3. The van der Waals surface area contributed by atoms with Gasteiger partial charge in [-0.15, -0.1) is 0 Å². The van der Waals surface area contributed by atoms with Crippen LogP contribution >= 0.6 is 15.9 Å². The first-order chi connectivity index (χ1) is 6.09. The topological polar surface area (TPSA) is 36.4 Å². The molecule has 0 aliphatic heterocycles. The van der Waals surface area contributed by atoms with Crippen LogP contribution in [0.25, 0.3) is 0 Å². The predicted octanol–water partition coefficient (Wildman–Crippen LogP) is 1.66. The van der Waals surface area contributed by atoms with Crippen molar-refractivity contribution in [2.75, 3.05) is 18.5 Å². The molecule has 4 heteroatoms. The van der Waals surface area contributed by atoms with Crippen LogP contribution in [0.2, 0.25) is 0 Å². The van der Waals surface area contributed by atoms with E-state index in [0.29, 0.717) is 6.54 Å². The first kappa shape index (κ1) is 10.5. The fourth-order valence-corrected chi connectivity index (χ4v) is 1.46. The average Bonchev–Trinajstić information content (AvgIpc) is 2.03. The SMILES string of the molecule is C[C@H](O)CN(C)c1cncc(Br)c1. The van der Waals surface area contributed by atoms with Crippen molar-refractivity contribution in [3.8, 4) is 0 Å². The van der Waals surface area contributed by atoms with Crippen LogP contribution in [0.3, 0.4) is 0 Å². The molecule has 3 nitrogen and oxygen atoms in total. The number of likely N-dealkylation sites (N-methyl/N-ethyl adjacent to an activating group) is 1. The normalized spacial score (nSPS) is 12.6. The van der Waals surface area contributed by atoms with Crippen LogP contribution in [0.4, 0.5) is 5.69 Å². The van der Waals surface area contributed by atoms with Crippen LogP contribution in [0, 0.1) is 0 Å². The smallest absolute Gasteiger partial charge is 0.0686 e. The Morgan fingerprint density at radius 2 is 2.31 bits per heavy atom. The zero-order chi connectivity index (χ0) is 9.84. The summed E-state index contributed by atoms with van der Waals surface area (Å²) in [6.45, 7) is 2.38. The van der Waals surface area contributed by atoms with E-state index >= 15 is 0 Å². The second-order valence-corrected chi connectivity index (χ2v) is 4.01. The maximum atomic E-state index is 9.18. The molecule has 0 amide bonds. The van der Waals surface area contributed by atoms with Crippen LogP contribution < -0.4 is 4.90 Å². The number of hydrogen-bond donors (Lipinski definition) is 1. The van der Waals surface area contributed by atoms with E-state index in [1.807, 2.05) is 18.0 Å². The Bertz CT molecular complexity index is 278. The minimum atomic E-state index is -0.330. The van der Waals surface area contributed by atoms with Crippen LogP contribution in [0.1, 0.15) is 6.92 Å². The van der Waals surface area contributed by atoms with Gasteiger partial charge in [-0.2, -0.15) is 0 Å². The molecular formula is C9H13BrN2O. The van der Waals surface area contributed by atoms with Gasteiger partial charge in [0.05, 0.1) is 18.0 Å². The highest BCUT2D eigenvalue weighted by molar-refractivity contribution is 9.10. The largest absolute Gasteiger partial charge is 0.392 e. The highest BCUT2D eigenvalue weighted by Gasteiger charge is 2.04. The molecular weight excluding hydrogens is 232 g/mol. The Morgan fingerprint density at radius 3 is 2.85 bits per heavy atom. The van der Waals surface area contributed by atoms with Crippen molar-refractivity contribution >= 4 is 21.6 Å². The molecule has 0 fully saturated rings. The van der Waals surface area contributed by atoms with Gasteiger partial charge in [-0.3, -0.25) is 4.98 Å². The van der Waals surface area contributed by atoms with Crippen LogP contribution in [-0.4, -0.2) is 29.8 Å². The minimum Gasteiger partial charge on any atom is -0.392 e. The Morgan fingerprint density at radius 1 is 1.62 bits per heavy atom. The van der Waals surface area contributed by atoms with Gasteiger partial charge in [-0.05, 0) is 28.9 Å². The summed E-state index contributed by atoms with van der Waals surface area (Å²) < 4.78 is 0.947. The molecule has 0 aromatic carbocycles. The number of anilines is 1. The lowest BCUT2D eigenvalue weighted by Gasteiger charge is -2.20. The maximum Gasteiger partial charge on any atom is 0.0686 e. The predicted molar refractivity (Wildman–Crippen MR) is 56.9 cm³/mol. The number of nitrogens with zero attached hydrogens (tertiary/aromatic N) is 2. The van der Waals surface area contributed by atoms with Crippen molar-refractivity contribution in [2.45, 2.75) is 13.0 Å². The van der Waals surface area contributed by atoms with E-state index in [1.54, 1.807) is 19.3 Å². The lowest BCUT2D eigenvalue weighted by atomic mass is 10.3. The Labute approximate surface area is 86.5 Å². The monoisotopic (exact) mass is 244 g/mol. The fraction of sp³-hybridized carbons (Fsp3) is 0.444. The molecule has 0 radical (unpaired) electrons. The Balaban J connectivity index is 2.71. The van der Waals surface area contributed by atoms with Gasteiger partial charge >= 0.3 is 0 Å². The van der Waals surface area contributed by atoms with E-state index < -0.39 is 0 Å². The number of aromatic nitrogens is 1. The van der Waals surface area contributed by atoms with Gasteiger partial charge in [0.25, 0.3) is 0 Å². The molecule has 1 rings (SSSR count). The second-order valence-electron chi connectivity index (χ2n) is 3.09. The van der Waals surface area contributed by atoms with Gasteiger partial charge < -0.3 is 10.0 Å². The first-order valence-electron chi connectivity index (χ1n) is 4.09. The second kappa shape index (κ2) is 4.58. The summed E-state index contributed by atoms with van der Waals surface area (Å²) >= 11 is 3.34. The standard InChI is InChI=1S/C9H13BrN2O/c1-7(13)6-12(2)9-3-8(10)4-11-5-9/h3-5,7,13H,6H2,1-2H3/t7-/m0/s1. The third kappa shape index (κ3) is 3.32. The molecule has 13 heavy (non-hydrogen) atoms. The number of aliphatic hydroxyl groups is 1. The molecule has 0 unspecified atom stereocenters. The van der Waals surface area contributed by atoms with Gasteiger partial charge in [-0.25, -0.2) is 0 Å². The molecule has 1 aromatic rings. The Hall–Kier alpha value is -0.610. The number of halogens is 1. The van der Waals surface area contributed by atoms with Crippen molar-refractivity contribution < 1.29 is 5.11 Å². The third-order valence-corrected chi connectivity index (χ3v) is 2.10. The van der Waals surface area contributed by atoms with Crippen molar-refractivity contribution in [2.24, 2.45) is 0 Å². The molecule has 0 saturated carbocycles. The quantitative estimate of drug-likeness (QED) is 0.879. The van der Waals surface area contributed by atoms with E-state index in [0.717, 1.165) is 10.2 Å². The van der Waals surface area contributed by atoms with Crippen LogP contribution in [0.5, 0.6) is 0 Å². The molecule has 1 aromatic heterocycles. The summed E-state index contributed by atoms with van der Waals surface area (Å²) in [5.41, 5.74) is 0.996. The summed E-state index contributed by atoms with van der Waals surface area (Å²) in [4.78, 5) is 6.00. The summed E-state index contributed by atoms with van der Waals surface area (Å²) in [7, 11) is 1.93. The van der Waals surface area contributed by atoms with E-state index in [2.05, 4.69) is 20.9 Å². The molecule has 1 N–H and O–H groups in total. The number of pyridine rings is 1. The van der Waals surface area contributed by atoms with E-state index in [9.17, 15) is 5.11 Å². The van der Waals surface area contributed by atoms with E-state index in [1.165, 1.54) is 0 Å². The summed E-state index contributed by atoms with van der Waals surface area (Å²) in [5, 5.41) is 9.18. The summed E-state index contributed by atoms with van der Waals surface area (Å²) in [5.74, 6) is 0. The number of aliphatic hydroxyl groups excluding tert-OH is 1. The fourth-order valence-electron chi connectivity index (χ4n) is 1.11. The Kier molecular flexibility index (Phi) is 3.69. The van der Waals surface area contributed by atoms with Crippen molar-refractivity contribution in [3.63, 3.8) is 0 Å². The van der Waals surface area contributed by atoms with Gasteiger partial charge in [0.15, 0.2) is 0 Å². The highest BCUT2D eigenvalue weighted by atomic mass is 79.9. The van der Waals surface area contributed by atoms with Crippen molar-refractivity contribution in [1.82, 2.24) is 4.98 Å². The molecule has 72 valence electrons. The van der Waals surface area contributed by atoms with Gasteiger partial charge in [-0.1, -0.05) is 0 Å². The molecule has 0 saturated heterocycles. The van der Waals surface area contributed by atoms with Gasteiger partial charge in [0.2, 0.25) is 0 Å². The van der Waals surface area contributed by atoms with Gasteiger partial charge in [0, 0.05) is 24.3 Å². The highest BCUT2D eigenvalue weighted by Crippen LogP contribution is 2.16. The maximum absolute atomic E-state index is 9.18. The van der Waals surface area contributed by atoms with Gasteiger partial charge in [0.1, 0.15) is 0 Å². The zero-order valence-electron chi connectivity index (χ0n) is 7.74. The minimum absolute atomic E-state index is 0.330. The lowest BCUT2D eigenvalue weighted by Crippen LogP contribution is -2.26. The molecule has 1 atom stereocenters. The zero-order valence-corrected chi connectivity index (χ0v) is 9.32. The number of hydrogen-bond acceptors (Lipinski definition) is 3. The molecule has 0 spiro atoms. The summed E-state index contributed by atoms with van der Waals surface area (Å²) in [6.07, 6.45) is 3.18. The lowest BCUT2D eigenvalue weighted by molar-refractivity contribution is 0.201. The van der Waals surface area contributed by atoms with E-state index in [4.69, 9.17) is 0 Å². The van der Waals surface area contributed by atoms with Crippen molar-refractivity contribution in [3.05, 3.63) is 22.9 Å². The van der Waals surface area contributed by atoms with E-state index in [-0.39, 0.29) is 6.10 Å². The molecule has 1 heterocycles. The summed E-state index contributed by atoms with van der Waals surface area (Å²) in [6, 6.07) is 1.97. The van der Waals surface area contributed by atoms with Crippen molar-refractivity contribution in [1.29, 1.82) is 0 Å². The van der Waals surface area contributed by atoms with Crippen LogP contribution in [0.15, 0.2) is 22.9 Å². The molecule has 0 aliphatic carbocycles. The first-order valence-corrected chi connectivity index (χ1v) is 4.88. The third-order valence-electron chi connectivity index (χ3n) is 1.67. The average molecular weight is 245 g/mol.